The van der Waals surface area contributed by atoms with Crippen molar-refractivity contribution in [1.82, 2.24) is 29.1 Å². The van der Waals surface area contributed by atoms with Crippen LogP contribution in [0.2, 0.25) is 0 Å². The fraction of sp³-hybridized carbons (Fsp3) is 0. The maximum Gasteiger partial charge on any atom is 0.160 e. The molecule has 11 aromatic rings. The Bertz CT molecular complexity index is 3140. The summed E-state index contributed by atoms with van der Waals surface area (Å²) in [5.41, 5.74) is 12.8. The minimum Gasteiger partial charge on any atom is -0.307 e. The Balaban J connectivity index is 1.18. The SMILES string of the molecule is c1ccc(-c2cc(-c3ccccc3)nc(-c3cccc(-n4c5ccccc5c5cnc6c(ncc7c8ccccc8n(-c8ccccc8)c76)c54)c3)n2)cc1. The second kappa shape index (κ2) is 12.1. The van der Waals surface area contributed by atoms with E-state index in [1.54, 1.807) is 0 Å². The second-order valence-corrected chi connectivity index (χ2v) is 13.5. The van der Waals surface area contributed by atoms with Gasteiger partial charge in [0.15, 0.2) is 5.82 Å². The molecule has 6 heteroatoms. The van der Waals surface area contributed by atoms with Crippen molar-refractivity contribution >= 4 is 54.6 Å². The van der Waals surface area contributed by atoms with Crippen LogP contribution in [-0.4, -0.2) is 29.1 Å². The van der Waals surface area contributed by atoms with E-state index in [1.165, 1.54) is 0 Å². The zero-order valence-electron chi connectivity index (χ0n) is 29.0. The summed E-state index contributed by atoms with van der Waals surface area (Å²) in [4.78, 5) is 20.7. The molecule has 11 rings (SSSR count). The summed E-state index contributed by atoms with van der Waals surface area (Å²) in [7, 11) is 0. The molecule has 0 unspecified atom stereocenters. The first kappa shape index (κ1) is 30.2. The first-order valence-corrected chi connectivity index (χ1v) is 18.1. The van der Waals surface area contributed by atoms with E-state index in [9.17, 15) is 0 Å². The van der Waals surface area contributed by atoms with Crippen molar-refractivity contribution in [3.63, 3.8) is 0 Å². The van der Waals surface area contributed by atoms with Crippen molar-refractivity contribution in [1.29, 1.82) is 0 Å². The molecule has 0 fully saturated rings. The van der Waals surface area contributed by atoms with E-state index < -0.39 is 0 Å². The molecule has 0 aliphatic heterocycles. The number of nitrogens with zero attached hydrogens (tertiary/aromatic N) is 6. The van der Waals surface area contributed by atoms with Gasteiger partial charge in [0.2, 0.25) is 0 Å². The van der Waals surface area contributed by atoms with Crippen LogP contribution in [0.5, 0.6) is 0 Å². The topological polar surface area (TPSA) is 61.4 Å². The lowest BCUT2D eigenvalue weighted by atomic mass is 10.1. The second-order valence-electron chi connectivity index (χ2n) is 13.5. The summed E-state index contributed by atoms with van der Waals surface area (Å²) in [6.45, 7) is 0. The van der Waals surface area contributed by atoms with Crippen molar-refractivity contribution in [2.45, 2.75) is 0 Å². The lowest BCUT2D eigenvalue weighted by Gasteiger charge is -2.13. The quantitative estimate of drug-likeness (QED) is 0.180. The number of para-hydroxylation sites is 3. The van der Waals surface area contributed by atoms with Crippen LogP contribution >= 0.6 is 0 Å². The van der Waals surface area contributed by atoms with E-state index in [2.05, 4.69) is 143 Å². The number of aromatic nitrogens is 6. The Kier molecular flexibility index (Phi) is 6.75. The van der Waals surface area contributed by atoms with Gasteiger partial charge in [-0.1, -0.05) is 127 Å². The van der Waals surface area contributed by atoms with Crippen molar-refractivity contribution < 1.29 is 0 Å². The zero-order chi connectivity index (χ0) is 35.6. The highest BCUT2D eigenvalue weighted by molar-refractivity contribution is 6.23. The van der Waals surface area contributed by atoms with Crippen LogP contribution in [0.25, 0.3) is 99.9 Å². The summed E-state index contributed by atoms with van der Waals surface area (Å²) in [6.07, 6.45) is 4.04. The number of hydrogen-bond acceptors (Lipinski definition) is 4. The Labute approximate surface area is 310 Å². The van der Waals surface area contributed by atoms with Crippen LogP contribution in [0.4, 0.5) is 0 Å². The van der Waals surface area contributed by atoms with E-state index in [-0.39, 0.29) is 0 Å². The molecular formula is C48H30N6. The normalized spacial score (nSPS) is 11.7. The molecule has 0 aliphatic carbocycles. The third-order valence-electron chi connectivity index (χ3n) is 10.4. The third kappa shape index (κ3) is 4.67. The highest BCUT2D eigenvalue weighted by Gasteiger charge is 2.22. The van der Waals surface area contributed by atoms with Gasteiger partial charge >= 0.3 is 0 Å². The number of pyridine rings is 2. The van der Waals surface area contributed by atoms with Gasteiger partial charge in [0, 0.05) is 62.0 Å². The number of fused-ring (bicyclic) bond motifs is 9. The van der Waals surface area contributed by atoms with Gasteiger partial charge in [-0.25, -0.2) is 9.97 Å². The summed E-state index contributed by atoms with van der Waals surface area (Å²) < 4.78 is 4.65. The average molecular weight is 691 g/mol. The number of hydrogen-bond donors (Lipinski definition) is 0. The maximum absolute atomic E-state index is 5.23. The van der Waals surface area contributed by atoms with Gasteiger partial charge in [-0.3, -0.25) is 9.97 Å². The molecule has 6 aromatic carbocycles. The Hall–Kier alpha value is -7.44. The first-order chi connectivity index (χ1) is 26.8. The Morgan fingerprint density at radius 3 is 1.35 bits per heavy atom. The lowest BCUT2D eigenvalue weighted by molar-refractivity contribution is 1.15. The van der Waals surface area contributed by atoms with E-state index >= 15 is 0 Å². The molecule has 0 radical (unpaired) electrons. The van der Waals surface area contributed by atoms with Crippen molar-refractivity contribution in [3.8, 4) is 45.3 Å². The largest absolute Gasteiger partial charge is 0.307 e. The maximum atomic E-state index is 5.23. The molecule has 0 aliphatic rings. The zero-order valence-corrected chi connectivity index (χ0v) is 29.0. The summed E-state index contributed by atoms with van der Waals surface area (Å²) >= 11 is 0. The van der Waals surface area contributed by atoms with Gasteiger partial charge in [-0.15, -0.1) is 0 Å². The molecule has 0 bridgehead atoms. The van der Waals surface area contributed by atoms with E-state index in [0.29, 0.717) is 5.82 Å². The van der Waals surface area contributed by atoms with Gasteiger partial charge in [-0.2, -0.15) is 0 Å². The first-order valence-electron chi connectivity index (χ1n) is 18.1. The smallest absolute Gasteiger partial charge is 0.160 e. The molecular weight excluding hydrogens is 661 g/mol. The standard InChI is InChI=1S/C48H30N6/c1-4-15-31(16-5-1)40-28-41(32-17-6-2-7-18-32)52-48(51-40)33-19-14-22-35(27-33)54-43-26-13-11-24-37(43)39-30-49-44-45(47(39)54)50-29-38-36-23-10-12-25-42(36)53(46(38)44)34-20-8-3-9-21-34/h1-30H. The fourth-order valence-electron chi connectivity index (χ4n) is 7.97. The van der Waals surface area contributed by atoms with E-state index in [4.69, 9.17) is 19.9 Å². The highest BCUT2D eigenvalue weighted by atomic mass is 15.0. The van der Waals surface area contributed by atoms with Crippen LogP contribution in [0, 0.1) is 0 Å². The lowest BCUT2D eigenvalue weighted by Crippen LogP contribution is -2.00. The fourth-order valence-corrected chi connectivity index (χ4v) is 7.97. The van der Waals surface area contributed by atoms with Crippen molar-refractivity contribution in [2.24, 2.45) is 0 Å². The summed E-state index contributed by atoms with van der Waals surface area (Å²) in [5.74, 6) is 0.663. The minimum absolute atomic E-state index is 0.663. The Morgan fingerprint density at radius 2 is 0.796 bits per heavy atom. The van der Waals surface area contributed by atoms with Gasteiger partial charge in [-0.05, 0) is 42.5 Å². The molecule has 0 saturated carbocycles. The van der Waals surface area contributed by atoms with Crippen LogP contribution in [0.15, 0.2) is 182 Å². The molecule has 54 heavy (non-hydrogen) atoms. The van der Waals surface area contributed by atoms with Gasteiger partial charge in [0.25, 0.3) is 0 Å². The Morgan fingerprint density at radius 1 is 0.352 bits per heavy atom. The van der Waals surface area contributed by atoms with Gasteiger partial charge in [0.05, 0.1) is 33.5 Å². The molecule has 6 nitrogen and oxygen atoms in total. The van der Waals surface area contributed by atoms with Crippen LogP contribution in [0.1, 0.15) is 0 Å². The third-order valence-corrected chi connectivity index (χ3v) is 10.4. The molecule has 0 saturated heterocycles. The number of benzene rings is 6. The summed E-state index contributed by atoms with van der Waals surface area (Å²) in [6, 6.07) is 58.8. The predicted molar refractivity (Wildman–Crippen MR) is 220 cm³/mol. The predicted octanol–water partition coefficient (Wildman–Crippen LogP) is 11.6. The number of rotatable bonds is 5. The monoisotopic (exact) mass is 690 g/mol. The van der Waals surface area contributed by atoms with Crippen LogP contribution < -0.4 is 0 Å². The molecule has 0 N–H and O–H groups in total. The summed E-state index contributed by atoms with van der Waals surface area (Å²) in [5, 5.41) is 4.38. The molecule has 0 spiro atoms. The molecule has 252 valence electrons. The van der Waals surface area contributed by atoms with Crippen molar-refractivity contribution in [3.05, 3.63) is 182 Å². The highest BCUT2D eigenvalue weighted by Crippen LogP contribution is 2.40. The molecule has 5 aromatic heterocycles. The molecule has 5 heterocycles. The van der Waals surface area contributed by atoms with E-state index in [1.807, 2.05) is 48.8 Å². The molecule has 0 amide bonds. The van der Waals surface area contributed by atoms with Crippen LogP contribution in [0.3, 0.4) is 0 Å². The van der Waals surface area contributed by atoms with Crippen molar-refractivity contribution in [2.75, 3.05) is 0 Å². The molecule has 0 atom stereocenters. The average Bonchev–Trinajstić information content (AvgIpc) is 3.78. The minimum atomic E-state index is 0.663. The van der Waals surface area contributed by atoms with E-state index in [0.717, 1.165) is 94.1 Å². The van der Waals surface area contributed by atoms with Crippen LogP contribution in [-0.2, 0) is 0 Å². The van der Waals surface area contributed by atoms with Gasteiger partial charge in [0.1, 0.15) is 11.0 Å². The van der Waals surface area contributed by atoms with Gasteiger partial charge < -0.3 is 9.13 Å².